The molecule has 0 spiro atoms. The van der Waals surface area contributed by atoms with E-state index >= 15 is 0 Å². The van der Waals surface area contributed by atoms with E-state index in [-0.39, 0.29) is 17.9 Å². The molecule has 0 saturated carbocycles. The van der Waals surface area contributed by atoms with Crippen molar-refractivity contribution >= 4 is 11.6 Å². The molecule has 2 aromatic carbocycles. The van der Waals surface area contributed by atoms with Crippen molar-refractivity contribution in [3.05, 3.63) is 69.5 Å². The molecule has 2 rings (SSSR count). The fraction of sp³-hybridized carbons (Fsp3) is 0.188. The van der Waals surface area contributed by atoms with Crippen LogP contribution in [0, 0.1) is 15.9 Å². The molecular formula is C16H15FN2O5. The molecule has 1 amide bonds. The van der Waals surface area contributed by atoms with E-state index in [0.717, 1.165) is 12.1 Å². The Morgan fingerprint density at radius 1 is 1.33 bits per heavy atom. The van der Waals surface area contributed by atoms with Gasteiger partial charge in [0.1, 0.15) is 5.82 Å². The van der Waals surface area contributed by atoms with Gasteiger partial charge >= 0.3 is 5.69 Å². The summed E-state index contributed by atoms with van der Waals surface area (Å²) in [7, 11) is 1.45. The maximum atomic E-state index is 12.9. The number of hydrogen-bond acceptors (Lipinski definition) is 5. The number of carbonyl (C=O) groups excluding carboxylic acids is 1. The Bertz CT molecular complexity index is 749. The van der Waals surface area contributed by atoms with E-state index in [1.165, 1.54) is 25.3 Å². The summed E-state index contributed by atoms with van der Waals surface area (Å²) in [6.45, 7) is 0.0929. The van der Waals surface area contributed by atoms with Gasteiger partial charge in [0, 0.05) is 25.3 Å². The van der Waals surface area contributed by atoms with E-state index in [9.17, 15) is 24.4 Å². The number of halogens is 1. The lowest BCUT2D eigenvalue weighted by molar-refractivity contribution is -0.385. The molecule has 24 heavy (non-hydrogen) atoms. The van der Waals surface area contributed by atoms with Crippen LogP contribution in [0.4, 0.5) is 10.1 Å². The summed E-state index contributed by atoms with van der Waals surface area (Å²) >= 11 is 0. The van der Waals surface area contributed by atoms with Crippen LogP contribution >= 0.6 is 0 Å². The van der Waals surface area contributed by atoms with Gasteiger partial charge in [0.05, 0.1) is 11.0 Å². The molecule has 2 aromatic rings. The first-order valence-corrected chi connectivity index (χ1v) is 6.96. The fourth-order valence-corrected chi connectivity index (χ4v) is 2.11. The highest BCUT2D eigenvalue weighted by Crippen LogP contribution is 2.26. The van der Waals surface area contributed by atoms with Crippen molar-refractivity contribution < 1.29 is 24.0 Å². The van der Waals surface area contributed by atoms with Crippen LogP contribution in [0.5, 0.6) is 5.75 Å². The highest BCUT2D eigenvalue weighted by atomic mass is 19.1. The van der Waals surface area contributed by atoms with Gasteiger partial charge in [-0.05, 0) is 29.8 Å². The Kier molecular flexibility index (Phi) is 5.43. The Hall–Kier alpha value is -3.00. The largest absolute Gasteiger partial charge is 0.502 e. The number of nitrogens with one attached hydrogen (secondary N) is 1. The van der Waals surface area contributed by atoms with Crippen LogP contribution in [0.2, 0.25) is 0 Å². The lowest BCUT2D eigenvalue weighted by atomic mass is 10.1. The van der Waals surface area contributed by atoms with Gasteiger partial charge in [-0.1, -0.05) is 12.1 Å². The predicted molar refractivity (Wildman–Crippen MR) is 83.2 cm³/mol. The zero-order valence-corrected chi connectivity index (χ0v) is 12.7. The van der Waals surface area contributed by atoms with Gasteiger partial charge in [-0.15, -0.1) is 0 Å². The van der Waals surface area contributed by atoms with E-state index in [0.29, 0.717) is 5.56 Å². The topological polar surface area (TPSA) is 102 Å². The molecule has 0 aliphatic rings. The number of phenolic OH excluding ortho intramolecular Hbond substituents is 1. The maximum absolute atomic E-state index is 12.9. The second kappa shape index (κ2) is 7.51. The van der Waals surface area contributed by atoms with Crippen molar-refractivity contribution in [1.82, 2.24) is 5.32 Å². The van der Waals surface area contributed by atoms with Crippen molar-refractivity contribution in [2.45, 2.75) is 6.10 Å². The second-order valence-corrected chi connectivity index (χ2v) is 4.95. The van der Waals surface area contributed by atoms with Crippen molar-refractivity contribution in [2.75, 3.05) is 13.7 Å². The molecule has 0 unspecified atom stereocenters. The van der Waals surface area contributed by atoms with Gasteiger partial charge in [-0.2, -0.15) is 0 Å². The number of nitro groups is 1. The van der Waals surface area contributed by atoms with Gasteiger partial charge in [0.15, 0.2) is 5.75 Å². The van der Waals surface area contributed by atoms with Crippen LogP contribution in [-0.2, 0) is 4.74 Å². The van der Waals surface area contributed by atoms with E-state index in [1.54, 1.807) is 12.1 Å². The molecular weight excluding hydrogens is 319 g/mol. The Morgan fingerprint density at radius 3 is 2.58 bits per heavy atom. The molecule has 0 fully saturated rings. The molecule has 0 heterocycles. The third-order valence-electron chi connectivity index (χ3n) is 3.41. The van der Waals surface area contributed by atoms with Crippen LogP contribution in [0.3, 0.4) is 0 Å². The fourth-order valence-electron chi connectivity index (χ4n) is 2.11. The number of carbonyl (C=O) groups is 1. The minimum absolute atomic E-state index is 0.0356. The van der Waals surface area contributed by atoms with E-state index in [1.807, 2.05) is 0 Å². The van der Waals surface area contributed by atoms with Crippen molar-refractivity contribution in [3.8, 4) is 5.75 Å². The van der Waals surface area contributed by atoms with Crippen LogP contribution < -0.4 is 5.32 Å². The minimum atomic E-state index is -0.775. The first kappa shape index (κ1) is 17.4. The zero-order chi connectivity index (χ0) is 17.7. The number of nitro benzene ring substituents is 1. The molecule has 0 saturated heterocycles. The smallest absolute Gasteiger partial charge is 0.311 e. The number of rotatable bonds is 6. The van der Waals surface area contributed by atoms with E-state index in [2.05, 4.69) is 5.32 Å². The monoisotopic (exact) mass is 334 g/mol. The number of phenols is 1. The van der Waals surface area contributed by atoms with E-state index in [4.69, 9.17) is 4.74 Å². The number of amides is 1. The molecule has 1 atom stereocenters. The van der Waals surface area contributed by atoms with Crippen LogP contribution in [0.1, 0.15) is 22.0 Å². The lowest BCUT2D eigenvalue weighted by Gasteiger charge is -2.16. The summed E-state index contributed by atoms with van der Waals surface area (Å²) in [6, 6.07) is 9.00. The van der Waals surface area contributed by atoms with Crippen molar-refractivity contribution in [3.63, 3.8) is 0 Å². The van der Waals surface area contributed by atoms with Gasteiger partial charge in [0.2, 0.25) is 0 Å². The SMILES string of the molecule is CO[C@H](CNC(=O)c1ccc(O)c([N+](=O)[O-])c1)c1ccc(F)cc1. The van der Waals surface area contributed by atoms with Gasteiger partial charge in [-0.3, -0.25) is 14.9 Å². The third-order valence-corrected chi connectivity index (χ3v) is 3.41. The lowest BCUT2D eigenvalue weighted by Crippen LogP contribution is -2.29. The zero-order valence-electron chi connectivity index (χ0n) is 12.7. The standard InChI is InChI=1S/C16H15FN2O5/c1-24-15(10-2-5-12(17)6-3-10)9-18-16(21)11-4-7-14(20)13(8-11)19(22)23/h2-8,15,20H,9H2,1H3,(H,18,21)/t15-/m1/s1. The van der Waals surface area contributed by atoms with Crippen LogP contribution in [0.15, 0.2) is 42.5 Å². The molecule has 7 nitrogen and oxygen atoms in total. The summed E-state index contributed by atoms with van der Waals surface area (Å²) in [5, 5.41) is 22.8. The summed E-state index contributed by atoms with van der Waals surface area (Å²) in [6.07, 6.45) is -0.498. The minimum Gasteiger partial charge on any atom is -0.502 e. The maximum Gasteiger partial charge on any atom is 0.311 e. The first-order chi connectivity index (χ1) is 11.4. The first-order valence-electron chi connectivity index (χ1n) is 6.96. The van der Waals surface area contributed by atoms with Crippen LogP contribution in [0.25, 0.3) is 0 Å². The molecule has 0 aliphatic heterocycles. The summed E-state index contributed by atoms with van der Waals surface area (Å²) in [5.41, 5.74) is 0.161. The molecule has 126 valence electrons. The molecule has 0 bridgehead atoms. The van der Waals surface area contributed by atoms with Crippen LogP contribution in [-0.4, -0.2) is 29.6 Å². The molecule has 8 heteroatoms. The predicted octanol–water partition coefficient (Wildman–Crippen LogP) is 2.56. The molecule has 0 radical (unpaired) electrons. The van der Waals surface area contributed by atoms with E-state index < -0.39 is 28.4 Å². The Balaban J connectivity index is 2.07. The van der Waals surface area contributed by atoms with Gasteiger partial charge < -0.3 is 15.2 Å². The van der Waals surface area contributed by atoms with Crippen molar-refractivity contribution in [2.24, 2.45) is 0 Å². The van der Waals surface area contributed by atoms with Gasteiger partial charge in [-0.25, -0.2) is 4.39 Å². The number of hydrogen-bond donors (Lipinski definition) is 2. The number of ether oxygens (including phenoxy) is 1. The molecule has 0 aromatic heterocycles. The number of nitrogens with zero attached hydrogens (tertiary/aromatic N) is 1. The quantitative estimate of drug-likeness (QED) is 0.624. The Labute approximate surface area is 136 Å². The van der Waals surface area contributed by atoms with Gasteiger partial charge in [0.25, 0.3) is 5.91 Å². The van der Waals surface area contributed by atoms with Crippen molar-refractivity contribution in [1.29, 1.82) is 0 Å². The number of benzene rings is 2. The second-order valence-electron chi connectivity index (χ2n) is 4.95. The Morgan fingerprint density at radius 2 is 2.00 bits per heavy atom. The summed E-state index contributed by atoms with van der Waals surface area (Å²) in [4.78, 5) is 22.1. The number of methoxy groups -OCH3 is 1. The summed E-state index contributed by atoms with van der Waals surface area (Å²) < 4.78 is 18.2. The molecule has 2 N–H and O–H groups in total. The summed E-state index contributed by atoms with van der Waals surface area (Å²) in [5.74, 6) is -1.45. The highest BCUT2D eigenvalue weighted by Gasteiger charge is 2.18. The number of aromatic hydroxyl groups is 1. The normalized spacial score (nSPS) is 11.8. The molecule has 0 aliphatic carbocycles. The highest BCUT2D eigenvalue weighted by molar-refractivity contribution is 5.95. The average molecular weight is 334 g/mol. The third kappa shape index (κ3) is 4.05. The average Bonchev–Trinajstić information content (AvgIpc) is 2.56.